The first-order chi connectivity index (χ1) is 15.3. The maximum Gasteiger partial charge on any atom is 0.401 e. The molecule has 5 rings (SSSR count). The van der Waals surface area contributed by atoms with E-state index in [2.05, 4.69) is 26.5 Å². The first kappa shape index (κ1) is 20.2. The van der Waals surface area contributed by atoms with Crippen molar-refractivity contribution in [2.24, 2.45) is 7.05 Å². The molecule has 1 fully saturated rings. The van der Waals surface area contributed by atoms with Gasteiger partial charge in [-0.05, 0) is 17.7 Å². The van der Waals surface area contributed by atoms with Crippen molar-refractivity contribution in [1.29, 1.82) is 5.26 Å². The molecule has 0 spiro atoms. The maximum atomic E-state index is 12.7. The molecular formula is C20H18F3N9. The SMILES string of the molecule is Cn1cc(-c2cc(-c3cnn(C4(CC#N)CN(CC(F)(F)F)C4)c3)n3cnnc3c2)cn1. The Hall–Kier alpha value is -3.72. The predicted octanol–water partition coefficient (Wildman–Crippen LogP) is 2.48. The Morgan fingerprint density at radius 3 is 2.56 bits per heavy atom. The second-order valence-electron chi connectivity index (χ2n) is 8.08. The van der Waals surface area contributed by atoms with Crippen molar-refractivity contribution in [2.45, 2.75) is 18.1 Å². The third-order valence-corrected chi connectivity index (χ3v) is 5.66. The lowest BCUT2D eigenvalue weighted by molar-refractivity contribution is -0.167. The molecule has 0 saturated carbocycles. The van der Waals surface area contributed by atoms with Gasteiger partial charge in [-0.1, -0.05) is 0 Å². The highest BCUT2D eigenvalue weighted by atomic mass is 19.4. The van der Waals surface area contributed by atoms with E-state index < -0.39 is 18.3 Å². The number of nitriles is 1. The molecule has 4 aromatic rings. The number of fused-ring (bicyclic) bond motifs is 1. The van der Waals surface area contributed by atoms with E-state index in [1.807, 2.05) is 29.8 Å². The van der Waals surface area contributed by atoms with Gasteiger partial charge in [-0.2, -0.15) is 28.6 Å². The zero-order valence-corrected chi connectivity index (χ0v) is 17.0. The van der Waals surface area contributed by atoms with Gasteiger partial charge in [0, 0.05) is 43.7 Å². The van der Waals surface area contributed by atoms with Crippen LogP contribution in [0.25, 0.3) is 28.0 Å². The highest BCUT2D eigenvalue weighted by molar-refractivity contribution is 5.74. The van der Waals surface area contributed by atoms with Crippen molar-refractivity contribution in [1.82, 2.24) is 39.1 Å². The van der Waals surface area contributed by atoms with Gasteiger partial charge in [0.2, 0.25) is 0 Å². The average Bonchev–Trinajstić information content (AvgIpc) is 3.44. The Balaban J connectivity index is 1.51. The molecule has 0 amide bonds. The van der Waals surface area contributed by atoms with E-state index >= 15 is 0 Å². The fraction of sp³-hybridized carbons (Fsp3) is 0.350. The largest absolute Gasteiger partial charge is 0.401 e. The average molecular weight is 441 g/mol. The highest BCUT2D eigenvalue weighted by Crippen LogP contribution is 2.36. The number of hydrogen-bond donors (Lipinski definition) is 0. The number of alkyl halides is 3. The normalized spacial score (nSPS) is 16.2. The van der Waals surface area contributed by atoms with E-state index in [1.165, 1.54) is 4.90 Å². The summed E-state index contributed by atoms with van der Waals surface area (Å²) in [6, 6.07) is 5.96. The Morgan fingerprint density at radius 1 is 1.09 bits per heavy atom. The first-order valence-corrected chi connectivity index (χ1v) is 9.81. The van der Waals surface area contributed by atoms with Crippen LogP contribution >= 0.6 is 0 Å². The van der Waals surface area contributed by atoms with Crippen LogP contribution in [0.4, 0.5) is 13.2 Å². The smallest absolute Gasteiger partial charge is 0.290 e. The molecule has 32 heavy (non-hydrogen) atoms. The summed E-state index contributed by atoms with van der Waals surface area (Å²) < 4.78 is 43.4. The Labute approximate surface area is 180 Å². The van der Waals surface area contributed by atoms with Gasteiger partial charge in [-0.3, -0.25) is 18.7 Å². The third-order valence-electron chi connectivity index (χ3n) is 5.66. The molecule has 1 saturated heterocycles. The summed E-state index contributed by atoms with van der Waals surface area (Å²) in [6.45, 7) is -0.777. The van der Waals surface area contributed by atoms with Crippen LogP contribution in [0.2, 0.25) is 0 Å². The molecule has 1 aliphatic rings. The van der Waals surface area contributed by atoms with Gasteiger partial charge >= 0.3 is 6.18 Å². The van der Waals surface area contributed by atoms with E-state index in [1.54, 1.807) is 34.3 Å². The topological polar surface area (TPSA) is 92.9 Å². The number of pyridine rings is 1. The summed E-state index contributed by atoms with van der Waals surface area (Å²) in [4.78, 5) is 1.28. The number of rotatable bonds is 5. The zero-order chi connectivity index (χ0) is 22.5. The molecule has 9 nitrogen and oxygen atoms in total. The van der Waals surface area contributed by atoms with Crippen molar-refractivity contribution >= 4 is 5.65 Å². The number of aryl methyl sites for hydroxylation is 1. The Bertz CT molecular complexity index is 1320. The number of likely N-dealkylation sites (tertiary alicyclic amines) is 1. The van der Waals surface area contributed by atoms with Gasteiger partial charge in [-0.15, -0.1) is 10.2 Å². The van der Waals surface area contributed by atoms with Crippen molar-refractivity contribution in [3.63, 3.8) is 0 Å². The quantitative estimate of drug-likeness (QED) is 0.473. The summed E-state index contributed by atoms with van der Waals surface area (Å²) in [5, 5.41) is 26.1. The predicted molar refractivity (Wildman–Crippen MR) is 107 cm³/mol. The van der Waals surface area contributed by atoms with Gasteiger partial charge in [0.25, 0.3) is 0 Å². The van der Waals surface area contributed by atoms with E-state index in [9.17, 15) is 18.4 Å². The molecule has 0 bridgehead atoms. The number of hydrogen-bond acceptors (Lipinski definition) is 6. The number of halogens is 3. The molecule has 0 radical (unpaired) electrons. The molecule has 0 unspecified atom stereocenters. The fourth-order valence-corrected chi connectivity index (χ4v) is 4.24. The maximum absolute atomic E-state index is 12.7. The molecule has 5 heterocycles. The van der Waals surface area contributed by atoms with Gasteiger partial charge in [0.1, 0.15) is 11.9 Å². The van der Waals surface area contributed by atoms with Crippen LogP contribution in [0, 0.1) is 11.3 Å². The summed E-state index contributed by atoms with van der Waals surface area (Å²) >= 11 is 0. The van der Waals surface area contributed by atoms with Crippen LogP contribution in [0.5, 0.6) is 0 Å². The summed E-state index contributed by atoms with van der Waals surface area (Å²) in [7, 11) is 1.83. The van der Waals surface area contributed by atoms with Crippen LogP contribution in [0.15, 0.2) is 43.2 Å². The van der Waals surface area contributed by atoms with Gasteiger partial charge in [0.05, 0.1) is 37.1 Å². The lowest BCUT2D eigenvalue weighted by atomic mass is 9.87. The lowest BCUT2D eigenvalue weighted by Gasteiger charge is -2.49. The molecule has 4 aromatic heterocycles. The molecule has 0 aliphatic carbocycles. The van der Waals surface area contributed by atoms with E-state index in [4.69, 9.17) is 0 Å². The van der Waals surface area contributed by atoms with Crippen molar-refractivity contribution in [2.75, 3.05) is 19.6 Å². The molecule has 0 atom stereocenters. The van der Waals surface area contributed by atoms with Crippen molar-refractivity contribution in [3.05, 3.63) is 43.2 Å². The van der Waals surface area contributed by atoms with Crippen LogP contribution < -0.4 is 0 Å². The zero-order valence-electron chi connectivity index (χ0n) is 17.0. The monoisotopic (exact) mass is 441 g/mol. The van der Waals surface area contributed by atoms with Crippen LogP contribution in [0.1, 0.15) is 6.42 Å². The van der Waals surface area contributed by atoms with Gasteiger partial charge in [0.15, 0.2) is 5.65 Å². The molecule has 0 aromatic carbocycles. The Kier molecular flexibility index (Phi) is 4.52. The number of nitrogens with zero attached hydrogens (tertiary/aromatic N) is 9. The van der Waals surface area contributed by atoms with Gasteiger partial charge in [-0.25, -0.2) is 0 Å². The van der Waals surface area contributed by atoms with E-state index in [0.29, 0.717) is 5.65 Å². The summed E-state index contributed by atoms with van der Waals surface area (Å²) in [5.74, 6) is 0. The van der Waals surface area contributed by atoms with Crippen LogP contribution in [-0.2, 0) is 12.6 Å². The van der Waals surface area contributed by atoms with Crippen molar-refractivity contribution in [3.8, 4) is 28.5 Å². The minimum atomic E-state index is -4.28. The minimum Gasteiger partial charge on any atom is -0.290 e. The molecule has 164 valence electrons. The first-order valence-electron chi connectivity index (χ1n) is 9.81. The minimum absolute atomic E-state index is 0.0697. The standard InChI is InChI=1S/C20H18F3N9/c1-29-8-15(6-26-29)14-4-17(31-13-25-28-18(31)5-14)16-7-27-32(9-16)19(2-3-24)10-30(11-19)12-20(21,22)23/h4-9,13H,2,10-12H2,1H3. The van der Waals surface area contributed by atoms with Crippen LogP contribution in [-0.4, -0.2) is 64.9 Å². The second kappa shape index (κ2) is 7.16. The highest BCUT2D eigenvalue weighted by Gasteiger charge is 2.48. The van der Waals surface area contributed by atoms with Crippen LogP contribution in [0.3, 0.4) is 0 Å². The molecule has 1 aliphatic heterocycles. The van der Waals surface area contributed by atoms with E-state index in [0.717, 1.165) is 22.4 Å². The van der Waals surface area contributed by atoms with Crippen molar-refractivity contribution < 1.29 is 13.2 Å². The summed E-state index contributed by atoms with van der Waals surface area (Å²) in [5.41, 5.74) is 3.18. The molecule has 12 heteroatoms. The van der Waals surface area contributed by atoms with Gasteiger partial charge < -0.3 is 0 Å². The molecular weight excluding hydrogens is 423 g/mol. The second-order valence-corrected chi connectivity index (χ2v) is 8.08. The fourth-order valence-electron chi connectivity index (χ4n) is 4.24. The molecule has 0 N–H and O–H groups in total. The van der Waals surface area contributed by atoms with E-state index in [-0.39, 0.29) is 19.5 Å². The summed E-state index contributed by atoms with van der Waals surface area (Å²) in [6.07, 6.45) is 4.44. The number of aromatic nitrogens is 7. The Morgan fingerprint density at radius 2 is 1.88 bits per heavy atom. The third kappa shape index (κ3) is 3.50. The lowest BCUT2D eigenvalue weighted by Crippen LogP contribution is -2.64.